The van der Waals surface area contributed by atoms with E-state index in [4.69, 9.17) is 15.3 Å². The van der Waals surface area contributed by atoms with Crippen molar-refractivity contribution < 1.29 is 9.47 Å². The zero-order valence-corrected chi connectivity index (χ0v) is 11.1. The highest BCUT2D eigenvalue weighted by Gasteiger charge is 2.29. The number of nitrogens with two attached hydrogens (primary N) is 1. The molecule has 1 aliphatic rings. The van der Waals surface area contributed by atoms with Crippen LogP contribution in [-0.2, 0) is 4.74 Å². The maximum atomic E-state index is 5.87. The molecule has 0 spiro atoms. The van der Waals surface area contributed by atoms with Gasteiger partial charge in [0.15, 0.2) is 0 Å². The Morgan fingerprint density at radius 1 is 1.39 bits per heavy atom. The standard InChI is InChI=1S/C14H22N2O2/c1-3-17-12-7-5-11(6-8-12)14(16-15)13-9-4-10(2)18-13/h5-8,10,13-14,16H,3-4,9,15H2,1-2H3. The Labute approximate surface area is 108 Å². The van der Waals surface area contributed by atoms with Crippen molar-refractivity contribution in [2.45, 2.75) is 44.9 Å². The summed E-state index contributed by atoms with van der Waals surface area (Å²) in [4.78, 5) is 0. The van der Waals surface area contributed by atoms with Gasteiger partial charge in [-0.3, -0.25) is 11.3 Å². The van der Waals surface area contributed by atoms with Crippen molar-refractivity contribution in [1.82, 2.24) is 5.43 Å². The summed E-state index contributed by atoms with van der Waals surface area (Å²) in [5.74, 6) is 6.55. The molecule has 1 aromatic rings. The summed E-state index contributed by atoms with van der Waals surface area (Å²) in [6.45, 7) is 4.76. The summed E-state index contributed by atoms with van der Waals surface area (Å²) in [5, 5.41) is 0. The van der Waals surface area contributed by atoms with E-state index in [0.29, 0.717) is 12.7 Å². The van der Waals surface area contributed by atoms with Crippen molar-refractivity contribution in [1.29, 1.82) is 0 Å². The molecule has 4 heteroatoms. The summed E-state index contributed by atoms with van der Waals surface area (Å²) >= 11 is 0. The third-order valence-electron chi connectivity index (χ3n) is 3.37. The molecule has 2 rings (SSSR count). The zero-order valence-electron chi connectivity index (χ0n) is 11.1. The van der Waals surface area contributed by atoms with Crippen molar-refractivity contribution in [2.75, 3.05) is 6.61 Å². The van der Waals surface area contributed by atoms with Gasteiger partial charge in [0.1, 0.15) is 5.75 Å². The number of hydrogen-bond donors (Lipinski definition) is 2. The van der Waals surface area contributed by atoms with E-state index in [2.05, 4.69) is 12.3 Å². The van der Waals surface area contributed by atoms with Crippen molar-refractivity contribution in [3.8, 4) is 5.75 Å². The fourth-order valence-corrected chi connectivity index (χ4v) is 2.43. The van der Waals surface area contributed by atoms with Gasteiger partial charge in [-0.25, -0.2) is 0 Å². The average molecular weight is 250 g/mol. The van der Waals surface area contributed by atoms with Crippen molar-refractivity contribution in [3.63, 3.8) is 0 Å². The zero-order chi connectivity index (χ0) is 13.0. The number of hydrazine groups is 1. The van der Waals surface area contributed by atoms with Gasteiger partial charge in [-0.15, -0.1) is 0 Å². The Morgan fingerprint density at radius 3 is 2.61 bits per heavy atom. The molecule has 18 heavy (non-hydrogen) atoms. The van der Waals surface area contributed by atoms with Crippen LogP contribution in [0.15, 0.2) is 24.3 Å². The fourth-order valence-electron chi connectivity index (χ4n) is 2.43. The fraction of sp³-hybridized carbons (Fsp3) is 0.571. The highest BCUT2D eigenvalue weighted by molar-refractivity contribution is 5.29. The van der Waals surface area contributed by atoms with Gasteiger partial charge >= 0.3 is 0 Å². The molecule has 3 atom stereocenters. The van der Waals surface area contributed by atoms with Crippen LogP contribution in [0.25, 0.3) is 0 Å². The van der Waals surface area contributed by atoms with Gasteiger partial charge < -0.3 is 9.47 Å². The van der Waals surface area contributed by atoms with Crippen LogP contribution in [0.4, 0.5) is 0 Å². The summed E-state index contributed by atoms with van der Waals surface area (Å²) < 4.78 is 11.3. The first-order valence-electron chi connectivity index (χ1n) is 6.59. The predicted molar refractivity (Wildman–Crippen MR) is 71.2 cm³/mol. The Bertz CT molecular complexity index is 367. The van der Waals surface area contributed by atoms with Crippen LogP contribution in [0.5, 0.6) is 5.75 Å². The molecule has 3 N–H and O–H groups in total. The smallest absolute Gasteiger partial charge is 0.119 e. The minimum atomic E-state index is 0.0469. The molecule has 0 saturated carbocycles. The van der Waals surface area contributed by atoms with Crippen molar-refractivity contribution in [3.05, 3.63) is 29.8 Å². The van der Waals surface area contributed by atoms with Crippen molar-refractivity contribution in [2.24, 2.45) is 5.84 Å². The first-order valence-corrected chi connectivity index (χ1v) is 6.59. The molecule has 0 bridgehead atoms. The van der Waals surface area contributed by atoms with Gasteiger partial charge in [-0.05, 0) is 44.4 Å². The van der Waals surface area contributed by atoms with Gasteiger partial charge in [-0.1, -0.05) is 12.1 Å². The number of nitrogens with one attached hydrogen (secondary N) is 1. The third-order valence-corrected chi connectivity index (χ3v) is 3.37. The molecule has 1 fully saturated rings. The summed E-state index contributed by atoms with van der Waals surface area (Å²) in [7, 11) is 0. The van der Waals surface area contributed by atoms with E-state index in [1.807, 2.05) is 31.2 Å². The van der Waals surface area contributed by atoms with Crippen molar-refractivity contribution >= 4 is 0 Å². The van der Waals surface area contributed by atoms with E-state index in [-0.39, 0.29) is 12.1 Å². The molecule has 0 aromatic heterocycles. The average Bonchev–Trinajstić information content (AvgIpc) is 2.79. The Hall–Kier alpha value is -1.10. The van der Waals surface area contributed by atoms with Crippen LogP contribution in [0, 0.1) is 0 Å². The SMILES string of the molecule is CCOc1ccc(C(NN)C2CCC(C)O2)cc1. The van der Waals surface area contributed by atoms with Crippen LogP contribution in [0.1, 0.15) is 38.3 Å². The topological polar surface area (TPSA) is 56.5 Å². The van der Waals surface area contributed by atoms with Gasteiger partial charge in [-0.2, -0.15) is 0 Å². The Balaban J connectivity index is 2.07. The van der Waals surface area contributed by atoms with Gasteiger partial charge in [0.2, 0.25) is 0 Å². The lowest BCUT2D eigenvalue weighted by molar-refractivity contribution is 0.0316. The molecule has 1 aromatic carbocycles. The largest absolute Gasteiger partial charge is 0.494 e. The first kappa shape index (κ1) is 13.3. The van der Waals surface area contributed by atoms with Gasteiger partial charge in [0, 0.05) is 0 Å². The second-order valence-corrected chi connectivity index (χ2v) is 4.71. The molecule has 1 aliphatic heterocycles. The molecule has 3 unspecified atom stereocenters. The Morgan fingerprint density at radius 2 is 2.11 bits per heavy atom. The van der Waals surface area contributed by atoms with Crippen LogP contribution in [0.2, 0.25) is 0 Å². The molecular weight excluding hydrogens is 228 g/mol. The highest BCUT2D eigenvalue weighted by Crippen LogP contribution is 2.30. The lowest BCUT2D eigenvalue weighted by Gasteiger charge is -2.23. The minimum Gasteiger partial charge on any atom is -0.494 e. The minimum absolute atomic E-state index is 0.0469. The molecule has 100 valence electrons. The molecule has 1 heterocycles. The second-order valence-electron chi connectivity index (χ2n) is 4.71. The monoisotopic (exact) mass is 250 g/mol. The molecule has 0 aliphatic carbocycles. The van der Waals surface area contributed by atoms with E-state index in [1.54, 1.807) is 0 Å². The van der Waals surface area contributed by atoms with E-state index >= 15 is 0 Å². The normalized spacial score (nSPS) is 25.1. The van der Waals surface area contributed by atoms with Gasteiger partial charge in [0.25, 0.3) is 0 Å². The highest BCUT2D eigenvalue weighted by atomic mass is 16.5. The van der Waals surface area contributed by atoms with Gasteiger partial charge in [0.05, 0.1) is 24.9 Å². The molecule has 1 saturated heterocycles. The van der Waals surface area contributed by atoms with E-state index < -0.39 is 0 Å². The summed E-state index contributed by atoms with van der Waals surface area (Å²) in [6.07, 6.45) is 2.62. The quantitative estimate of drug-likeness (QED) is 0.621. The van der Waals surface area contributed by atoms with E-state index in [9.17, 15) is 0 Å². The van der Waals surface area contributed by atoms with Crippen LogP contribution in [-0.4, -0.2) is 18.8 Å². The molecule has 0 radical (unpaired) electrons. The van der Waals surface area contributed by atoms with E-state index in [0.717, 1.165) is 24.2 Å². The summed E-state index contributed by atoms with van der Waals surface area (Å²) in [5.41, 5.74) is 4.01. The number of rotatable bonds is 5. The molecular formula is C14H22N2O2. The predicted octanol–water partition coefficient (Wildman–Crippen LogP) is 2.16. The van der Waals surface area contributed by atoms with Crippen LogP contribution < -0.4 is 16.0 Å². The molecule has 0 amide bonds. The first-order chi connectivity index (χ1) is 8.74. The van der Waals surface area contributed by atoms with E-state index in [1.165, 1.54) is 0 Å². The number of ether oxygens (including phenoxy) is 2. The van der Waals surface area contributed by atoms with Crippen LogP contribution >= 0.6 is 0 Å². The maximum absolute atomic E-state index is 5.87. The maximum Gasteiger partial charge on any atom is 0.119 e. The third kappa shape index (κ3) is 3.02. The lowest BCUT2D eigenvalue weighted by atomic mass is 10.00. The number of benzene rings is 1. The summed E-state index contributed by atoms with van der Waals surface area (Å²) in [6, 6.07) is 8.08. The van der Waals surface area contributed by atoms with Crippen LogP contribution in [0.3, 0.4) is 0 Å². The molecule has 4 nitrogen and oxygen atoms in total. The lowest BCUT2D eigenvalue weighted by Crippen LogP contribution is -2.36. The second kappa shape index (κ2) is 6.18. The number of hydrogen-bond acceptors (Lipinski definition) is 4. The Kier molecular flexibility index (Phi) is 4.58.